The molecule has 1 amide bonds. The van der Waals surface area contributed by atoms with Crippen LogP contribution in [0.1, 0.15) is 30.1 Å². The zero-order valence-corrected chi connectivity index (χ0v) is 10.5. The van der Waals surface area contributed by atoms with Gasteiger partial charge >= 0.3 is 5.97 Å². The molecule has 0 saturated heterocycles. The van der Waals surface area contributed by atoms with Crippen LogP contribution in [0.4, 0.5) is 8.78 Å². The van der Waals surface area contributed by atoms with Gasteiger partial charge in [0.05, 0.1) is 13.0 Å². The molecule has 0 unspecified atom stereocenters. The van der Waals surface area contributed by atoms with Crippen LogP contribution < -0.4 is 5.32 Å². The minimum atomic E-state index is -0.939. The van der Waals surface area contributed by atoms with Gasteiger partial charge in [-0.1, -0.05) is 13.0 Å². The normalized spacial score (nSPS) is 10.1. The summed E-state index contributed by atoms with van der Waals surface area (Å²) in [7, 11) is 0. The predicted molar refractivity (Wildman–Crippen MR) is 64.6 cm³/mol. The minimum absolute atomic E-state index is 0.0326. The van der Waals surface area contributed by atoms with Gasteiger partial charge in [0.15, 0.2) is 0 Å². The molecule has 0 fully saturated rings. The highest BCUT2D eigenvalue weighted by Crippen LogP contribution is 2.11. The minimum Gasteiger partial charge on any atom is -0.466 e. The second-order valence-corrected chi connectivity index (χ2v) is 3.82. The van der Waals surface area contributed by atoms with Crippen molar-refractivity contribution in [3.05, 3.63) is 35.4 Å². The van der Waals surface area contributed by atoms with Crippen molar-refractivity contribution >= 4 is 11.9 Å². The average Bonchev–Trinajstić information content (AvgIpc) is 2.36. The molecule has 0 aliphatic carbocycles. The summed E-state index contributed by atoms with van der Waals surface area (Å²) >= 11 is 0. The Morgan fingerprint density at radius 3 is 2.47 bits per heavy atom. The molecule has 0 heterocycles. The van der Waals surface area contributed by atoms with Gasteiger partial charge < -0.3 is 10.1 Å². The summed E-state index contributed by atoms with van der Waals surface area (Å²) in [5, 5.41) is 2.27. The Hall–Kier alpha value is -1.98. The quantitative estimate of drug-likeness (QED) is 0.805. The Morgan fingerprint density at radius 2 is 1.89 bits per heavy atom. The topological polar surface area (TPSA) is 55.4 Å². The fraction of sp³-hybridized carbons (Fsp3) is 0.385. The molecular weight excluding hydrogens is 256 g/mol. The standard InChI is InChI=1S/C13H15F2NO3/c1-2-8-19-11(17)6-7-16-13(18)12-9(14)4-3-5-10(12)15/h3-5H,2,6-8H2,1H3,(H,16,18). The van der Waals surface area contributed by atoms with E-state index in [-0.39, 0.29) is 13.0 Å². The number of halogens is 2. The third-order valence-electron chi connectivity index (χ3n) is 2.27. The van der Waals surface area contributed by atoms with Crippen LogP contribution >= 0.6 is 0 Å². The molecule has 1 N–H and O–H groups in total. The molecule has 1 aromatic rings. The monoisotopic (exact) mass is 271 g/mol. The summed E-state index contributed by atoms with van der Waals surface area (Å²) in [6.45, 7) is 2.14. The Labute approximate surface area is 109 Å². The summed E-state index contributed by atoms with van der Waals surface area (Å²) in [6, 6.07) is 3.16. The molecule has 0 aliphatic rings. The van der Waals surface area contributed by atoms with E-state index in [4.69, 9.17) is 4.74 Å². The average molecular weight is 271 g/mol. The van der Waals surface area contributed by atoms with Crippen LogP contribution in [0.3, 0.4) is 0 Å². The van der Waals surface area contributed by atoms with Gasteiger partial charge in [0.1, 0.15) is 17.2 Å². The van der Waals surface area contributed by atoms with E-state index >= 15 is 0 Å². The third kappa shape index (κ3) is 4.65. The number of ether oxygens (including phenoxy) is 1. The maximum atomic E-state index is 13.3. The number of hydrogen-bond acceptors (Lipinski definition) is 3. The van der Waals surface area contributed by atoms with E-state index in [0.29, 0.717) is 13.0 Å². The molecule has 0 saturated carbocycles. The SMILES string of the molecule is CCCOC(=O)CCNC(=O)c1c(F)cccc1F. The maximum absolute atomic E-state index is 13.3. The Kier molecular flexibility index (Phi) is 5.92. The van der Waals surface area contributed by atoms with Crippen LogP contribution in [0.5, 0.6) is 0 Å². The number of nitrogens with one attached hydrogen (secondary N) is 1. The molecule has 19 heavy (non-hydrogen) atoms. The first-order valence-corrected chi connectivity index (χ1v) is 5.94. The molecule has 0 aromatic heterocycles. The van der Waals surface area contributed by atoms with Gasteiger partial charge in [-0.25, -0.2) is 8.78 Å². The van der Waals surface area contributed by atoms with Crippen LogP contribution in [0, 0.1) is 11.6 Å². The lowest BCUT2D eigenvalue weighted by Crippen LogP contribution is -2.28. The highest BCUT2D eigenvalue weighted by atomic mass is 19.1. The van der Waals surface area contributed by atoms with Crippen molar-refractivity contribution in [3.8, 4) is 0 Å². The summed E-state index contributed by atoms with van der Waals surface area (Å²) in [5.74, 6) is -3.23. The lowest BCUT2D eigenvalue weighted by Gasteiger charge is -2.07. The van der Waals surface area contributed by atoms with E-state index in [1.165, 1.54) is 6.07 Å². The molecule has 104 valence electrons. The molecule has 0 aliphatic heterocycles. The fourth-order valence-corrected chi connectivity index (χ4v) is 1.37. The van der Waals surface area contributed by atoms with E-state index < -0.39 is 29.1 Å². The number of benzene rings is 1. The van der Waals surface area contributed by atoms with E-state index in [9.17, 15) is 18.4 Å². The van der Waals surface area contributed by atoms with Crippen LogP contribution in [0.15, 0.2) is 18.2 Å². The first-order chi connectivity index (χ1) is 9.06. The van der Waals surface area contributed by atoms with Gasteiger partial charge in [-0.15, -0.1) is 0 Å². The van der Waals surface area contributed by atoms with Crippen molar-refractivity contribution in [1.29, 1.82) is 0 Å². The van der Waals surface area contributed by atoms with E-state index in [1.807, 2.05) is 6.92 Å². The van der Waals surface area contributed by atoms with Crippen molar-refractivity contribution in [1.82, 2.24) is 5.32 Å². The van der Waals surface area contributed by atoms with Crippen molar-refractivity contribution in [2.75, 3.05) is 13.2 Å². The first-order valence-electron chi connectivity index (χ1n) is 5.94. The Bertz CT molecular complexity index is 443. The van der Waals surface area contributed by atoms with Gasteiger partial charge in [0.25, 0.3) is 5.91 Å². The molecule has 6 heteroatoms. The maximum Gasteiger partial charge on any atom is 0.307 e. The van der Waals surface area contributed by atoms with E-state index in [2.05, 4.69) is 5.32 Å². The number of carbonyl (C=O) groups excluding carboxylic acids is 2. The predicted octanol–water partition coefficient (Wildman–Crippen LogP) is 2.04. The van der Waals surface area contributed by atoms with Crippen LogP contribution in [-0.2, 0) is 9.53 Å². The van der Waals surface area contributed by atoms with Crippen LogP contribution in [0.25, 0.3) is 0 Å². The molecule has 0 radical (unpaired) electrons. The summed E-state index contributed by atoms with van der Waals surface area (Å²) in [4.78, 5) is 22.7. The molecular formula is C13H15F2NO3. The van der Waals surface area contributed by atoms with Gasteiger partial charge in [0, 0.05) is 6.54 Å². The first kappa shape index (κ1) is 15.1. The number of carbonyl (C=O) groups is 2. The van der Waals surface area contributed by atoms with Gasteiger partial charge in [0.2, 0.25) is 0 Å². The van der Waals surface area contributed by atoms with Crippen molar-refractivity contribution in [2.24, 2.45) is 0 Å². The number of amides is 1. The Morgan fingerprint density at radius 1 is 1.26 bits per heavy atom. The summed E-state index contributed by atoms with van der Waals surface area (Å²) < 4.78 is 31.3. The van der Waals surface area contributed by atoms with E-state index in [0.717, 1.165) is 12.1 Å². The number of esters is 1. The zero-order valence-electron chi connectivity index (χ0n) is 10.5. The summed E-state index contributed by atoms with van der Waals surface area (Å²) in [5.41, 5.74) is -0.649. The smallest absolute Gasteiger partial charge is 0.307 e. The van der Waals surface area contributed by atoms with Crippen LogP contribution in [-0.4, -0.2) is 25.0 Å². The number of hydrogen-bond donors (Lipinski definition) is 1. The second-order valence-electron chi connectivity index (χ2n) is 3.82. The molecule has 4 nitrogen and oxygen atoms in total. The van der Waals surface area contributed by atoms with Crippen molar-refractivity contribution in [3.63, 3.8) is 0 Å². The Balaban J connectivity index is 2.46. The second kappa shape index (κ2) is 7.45. The lowest BCUT2D eigenvalue weighted by molar-refractivity contribution is -0.143. The number of rotatable bonds is 6. The molecule has 1 rings (SSSR count). The molecule has 0 atom stereocenters. The highest BCUT2D eigenvalue weighted by Gasteiger charge is 2.16. The molecule has 0 spiro atoms. The lowest BCUT2D eigenvalue weighted by atomic mass is 10.2. The largest absolute Gasteiger partial charge is 0.466 e. The zero-order chi connectivity index (χ0) is 14.3. The van der Waals surface area contributed by atoms with Crippen molar-refractivity contribution < 1.29 is 23.1 Å². The van der Waals surface area contributed by atoms with Gasteiger partial charge in [-0.3, -0.25) is 9.59 Å². The third-order valence-corrected chi connectivity index (χ3v) is 2.27. The van der Waals surface area contributed by atoms with Gasteiger partial charge in [-0.2, -0.15) is 0 Å². The summed E-state index contributed by atoms with van der Waals surface area (Å²) in [6.07, 6.45) is 0.667. The van der Waals surface area contributed by atoms with E-state index in [1.54, 1.807) is 0 Å². The van der Waals surface area contributed by atoms with Crippen LogP contribution in [0.2, 0.25) is 0 Å². The van der Waals surface area contributed by atoms with Crippen molar-refractivity contribution in [2.45, 2.75) is 19.8 Å². The molecule has 1 aromatic carbocycles. The highest BCUT2D eigenvalue weighted by molar-refractivity contribution is 5.94. The van der Waals surface area contributed by atoms with Gasteiger partial charge in [-0.05, 0) is 18.6 Å². The fourth-order valence-electron chi connectivity index (χ4n) is 1.37. The molecule has 0 bridgehead atoms.